The van der Waals surface area contributed by atoms with Crippen molar-refractivity contribution >= 4 is 0 Å². The van der Waals surface area contributed by atoms with Gasteiger partial charge in [-0.05, 0) is 38.2 Å². The van der Waals surface area contributed by atoms with Gasteiger partial charge in [0.05, 0.1) is 6.26 Å². The van der Waals surface area contributed by atoms with Crippen LogP contribution in [-0.2, 0) is 4.74 Å². The number of hydrogen-bond acceptors (Lipinski definition) is 1. The molecule has 1 rings (SSSR count). The van der Waals surface area contributed by atoms with Gasteiger partial charge in [0, 0.05) is 0 Å². The molecule has 0 atom stereocenters. The predicted octanol–water partition coefficient (Wildman–Crippen LogP) is 3.43. The van der Waals surface area contributed by atoms with E-state index in [0.717, 1.165) is 6.61 Å². The van der Waals surface area contributed by atoms with Gasteiger partial charge in [-0.15, -0.1) is 0 Å². The molecule has 12 heavy (non-hydrogen) atoms. The van der Waals surface area contributed by atoms with E-state index in [-0.39, 0.29) is 0 Å². The molecule has 1 nitrogen and oxygen atoms in total. The minimum Gasteiger partial charge on any atom is -0.497 e. The molecule has 1 aliphatic rings. The van der Waals surface area contributed by atoms with E-state index >= 15 is 0 Å². The molecule has 0 N–H and O–H groups in total. The zero-order valence-electron chi connectivity index (χ0n) is 7.88. The summed E-state index contributed by atoms with van der Waals surface area (Å²) in [5.74, 6) is 0. The van der Waals surface area contributed by atoms with E-state index in [1.165, 1.54) is 37.7 Å². The summed E-state index contributed by atoms with van der Waals surface area (Å²) in [6.45, 7) is 2.73. The Balaban J connectivity index is 2.16. The first-order valence-electron chi connectivity index (χ1n) is 4.84. The highest BCUT2D eigenvalue weighted by atomic mass is 16.5. The van der Waals surface area contributed by atoms with Crippen LogP contribution in [0.1, 0.15) is 39.0 Å². The minimum atomic E-state index is 0.722. The van der Waals surface area contributed by atoms with Crippen molar-refractivity contribution in [2.45, 2.75) is 39.0 Å². The van der Waals surface area contributed by atoms with Crippen LogP contribution in [-0.4, -0.2) is 6.61 Å². The molecule has 1 saturated carbocycles. The maximum atomic E-state index is 5.36. The van der Waals surface area contributed by atoms with Crippen molar-refractivity contribution in [1.82, 2.24) is 0 Å². The van der Waals surface area contributed by atoms with Crippen LogP contribution in [0.15, 0.2) is 24.0 Å². The van der Waals surface area contributed by atoms with Crippen LogP contribution >= 0.6 is 0 Å². The van der Waals surface area contributed by atoms with Gasteiger partial charge in [-0.1, -0.05) is 18.6 Å². The van der Waals surface area contributed by atoms with Crippen molar-refractivity contribution in [3.8, 4) is 0 Å². The number of ether oxygens (including phenoxy) is 1. The molecule has 1 heteroatoms. The normalized spacial score (nSPS) is 18.2. The van der Waals surface area contributed by atoms with E-state index in [1.807, 2.05) is 25.3 Å². The lowest BCUT2D eigenvalue weighted by atomic mass is 9.96. The molecule has 0 bridgehead atoms. The van der Waals surface area contributed by atoms with Gasteiger partial charge in [0.15, 0.2) is 0 Å². The van der Waals surface area contributed by atoms with Crippen molar-refractivity contribution in [3.05, 3.63) is 24.0 Å². The van der Waals surface area contributed by atoms with Gasteiger partial charge in [-0.25, -0.2) is 0 Å². The molecule has 0 radical (unpaired) electrons. The summed E-state index contributed by atoms with van der Waals surface area (Å²) in [7, 11) is 0. The maximum absolute atomic E-state index is 5.36. The maximum Gasteiger partial charge on any atom is 0.105 e. The first-order chi connectivity index (χ1) is 5.93. The second-order valence-corrected chi connectivity index (χ2v) is 3.24. The number of allylic oxidation sites excluding steroid dienone is 2. The molecule has 0 aromatic rings. The van der Waals surface area contributed by atoms with Gasteiger partial charge in [0.2, 0.25) is 0 Å². The van der Waals surface area contributed by atoms with E-state index < -0.39 is 0 Å². The molecule has 1 aliphatic carbocycles. The zero-order valence-corrected chi connectivity index (χ0v) is 7.88. The summed E-state index contributed by atoms with van der Waals surface area (Å²) < 4.78 is 5.36. The van der Waals surface area contributed by atoms with Crippen LogP contribution in [0.3, 0.4) is 0 Å². The molecule has 0 aromatic heterocycles. The predicted molar refractivity (Wildman–Crippen MR) is 51.9 cm³/mol. The minimum absolute atomic E-state index is 0.722. The average molecular weight is 166 g/mol. The highest BCUT2D eigenvalue weighted by molar-refractivity contribution is 5.00. The van der Waals surface area contributed by atoms with Gasteiger partial charge in [0.1, 0.15) is 6.61 Å². The number of rotatable bonds is 3. The highest BCUT2D eigenvalue weighted by Crippen LogP contribution is 2.22. The molecule has 0 unspecified atom stereocenters. The van der Waals surface area contributed by atoms with Crippen LogP contribution in [0.4, 0.5) is 0 Å². The monoisotopic (exact) mass is 166 g/mol. The van der Waals surface area contributed by atoms with E-state index in [9.17, 15) is 0 Å². The van der Waals surface area contributed by atoms with Gasteiger partial charge >= 0.3 is 0 Å². The van der Waals surface area contributed by atoms with Crippen LogP contribution in [0.5, 0.6) is 0 Å². The average Bonchev–Trinajstić information content (AvgIpc) is 2.14. The first-order valence-corrected chi connectivity index (χ1v) is 4.84. The summed E-state index contributed by atoms with van der Waals surface area (Å²) >= 11 is 0. The van der Waals surface area contributed by atoms with E-state index in [1.54, 1.807) is 0 Å². The molecule has 0 saturated heterocycles. The highest BCUT2D eigenvalue weighted by Gasteiger charge is 2.04. The summed E-state index contributed by atoms with van der Waals surface area (Å²) in [5, 5.41) is 0. The third kappa shape index (κ3) is 3.61. The fourth-order valence-electron chi connectivity index (χ4n) is 1.44. The molecule has 0 aromatic carbocycles. The van der Waals surface area contributed by atoms with Crippen molar-refractivity contribution in [2.24, 2.45) is 0 Å². The van der Waals surface area contributed by atoms with Crippen LogP contribution in [0, 0.1) is 0 Å². The van der Waals surface area contributed by atoms with Gasteiger partial charge in [-0.2, -0.15) is 0 Å². The Kier molecular flexibility index (Phi) is 4.58. The summed E-state index contributed by atoms with van der Waals surface area (Å²) in [6.07, 6.45) is 12.6. The van der Waals surface area contributed by atoms with Crippen LogP contribution in [0.25, 0.3) is 0 Å². The SMILES string of the molecule is C/C=C/COC=C1CCCCC1. The standard InChI is InChI=1S/C11H18O/c1-2-3-9-12-10-11-7-5-4-6-8-11/h2-3,10H,4-9H2,1H3/b3-2+. The van der Waals surface area contributed by atoms with Crippen molar-refractivity contribution < 1.29 is 4.74 Å². The molecular formula is C11H18O. The van der Waals surface area contributed by atoms with E-state index in [0.29, 0.717) is 0 Å². The smallest absolute Gasteiger partial charge is 0.105 e. The Labute approximate surface area is 75.1 Å². The zero-order chi connectivity index (χ0) is 8.65. The first kappa shape index (κ1) is 9.37. The quantitative estimate of drug-likeness (QED) is 0.354. The van der Waals surface area contributed by atoms with Crippen LogP contribution < -0.4 is 0 Å². The van der Waals surface area contributed by atoms with Crippen molar-refractivity contribution in [1.29, 1.82) is 0 Å². The Hall–Kier alpha value is -0.720. The van der Waals surface area contributed by atoms with Crippen molar-refractivity contribution in [2.75, 3.05) is 6.61 Å². The summed E-state index contributed by atoms with van der Waals surface area (Å²) in [6, 6.07) is 0. The van der Waals surface area contributed by atoms with Crippen molar-refractivity contribution in [3.63, 3.8) is 0 Å². The van der Waals surface area contributed by atoms with Gasteiger partial charge in [-0.3, -0.25) is 0 Å². The second kappa shape index (κ2) is 5.87. The molecule has 0 spiro atoms. The Bertz CT molecular complexity index is 160. The molecular weight excluding hydrogens is 148 g/mol. The molecule has 0 heterocycles. The van der Waals surface area contributed by atoms with E-state index in [2.05, 4.69) is 0 Å². The Morgan fingerprint density at radius 2 is 2.00 bits per heavy atom. The van der Waals surface area contributed by atoms with E-state index in [4.69, 9.17) is 4.74 Å². The van der Waals surface area contributed by atoms with Gasteiger partial charge in [0.25, 0.3) is 0 Å². The lowest BCUT2D eigenvalue weighted by Gasteiger charge is -2.12. The lowest BCUT2D eigenvalue weighted by Crippen LogP contribution is -1.94. The third-order valence-electron chi connectivity index (χ3n) is 2.17. The summed E-state index contributed by atoms with van der Waals surface area (Å²) in [4.78, 5) is 0. The topological polar surface area (TPSA) is 9.23 Å². The molecule has 0 aliphatic heterocycles. The third-order valence-corrected chi connectivity index (χ3v) is 2.17. The Morgan fingerprint density at radius 3 is 2.67 bits per heavy atom. The van der Waals surface area contributed by atoms with Gasteiger partial charge < -0.3 is 4.74 Å². The fourth-order valence-corrected chi connectivity index (χ4v) is 1.44. The van der Waals surface area contributed by atoms with Crippen LogP contribution in [0.2, 0.25) is 0 Å². The second-order valence-electron chi connectivity index (χ2n) is 3.24. The lowest BCUT2D eigenvalue weighted by molar-refractivity contribution is 0.282. The molecule has 1 fully saturated rings. The number of hydrogen-bond donors (Lipinski definition) is 0. The Morgan fingerprint density at radius 1 is 1.25 bits per heavy atom. The fraction of sp³-hybridized carbons (Fsp3) is 0.636. The largest absolute Gasteiger partial charge is 0.497 e. The molecule has 0 amide bonds. The molecule has 68 valence electrons. The summed E-state index contributed by atoms with van der Waals surface area (Å²) in [5.41, 5.74) is 1.49.